The maximum Gasteiger partial charge on any atom is 0.349 e. The van der Waals surface area contributed by atoms with Crippen molar-refractivity contribution in [1.29, 1.82) is 0 Å². The van der Waals surface area contributed by atoms with Gasteiger partial charge >= 0.3 is 5.69 Å². The van der Waals surface area contributed by atoms with E-state index in [1.54, 1.807) is 42.5 Å². The fraction of sp³-hybridized carbons (Fsp3) is 0.107. The quantitative estimate of drug-likeness (QED) is 0.353. The van der Waals surface area contributed by atoms with Crippen LogP contribution >= 0.6 is 0 Å². The van der Waals surface area contributed by atoms with E-state index in [4.69, 9.17) is 9.47 Å². The summed E-state index contributed by atoms with van der Waals surface area (Å²) in [6.07, 6.45) is 1.45. The molecule has 0 saturated carbocycles. The predicted octanol–water partition coefficient (Wildman–Crippen LogP) is 4.70. The molecule has 0 unspecified atom stereocenters. The number of rotatable bonds is 7. The highest BCUT2D eigenvalue weighted by atomic mass is 16.5. The van der Waals surface area contributed by atoms with E-state index in [0.717, 1.165) is 21.0 Å². The zero-order valence-corrected chi connectivity index (χ0v) is 19.1. The first-order chi connectivity index (χ1) is 17.1. The molecule has 1 aromatic heterocycles. The van der Waals surface area contributed by atoms with Crippen LogP contribution in [0.15, 0.2) is 99.6 Å². The van der Waals surface area contributed by atoms with Gasteiger partial charge in [0, 0.05) is 0 Å². The average molecular weight is 466 g/mol. The summed E-state index contributed by atoms with van der Waals surface area (Å²) in [5.74, 6) is 1.15. The molecule has 35 heavy (non-hydrogen) atoms. The van der Waals surface area contributed by atoms with Gasteiger partial charge in [-0.1, -0.05) is 54.6 Å². The Balaban J connectivity index is 1.42. The minimum Gasteiger partial charge on any atom is -0.490 e. The molecule has 0 spiro atoms. The molecule has 0 aliphatic rings. The summed E-state index contributed by atoms with van der Waals surface area (Å²) in [5.41, 5.74) is 1.11. The number of aromatic amines is 1. The van der Waals surface area contributed by atoms with Crippen molar-refractivity contribution in [2.24, 2.45) is 5.10 Å². The predicted molar refractivity (Wildman–Crippen MR) is 138 cm³/mol. The van der Waals surface area contributed by atoms with Crippen LogP contribution in [0.3, 0.4) is 0 Å². The molecular formula is C28H23N3O4. The van der Waals surface area contributed by atoms with Gasteiger partial charge in [-0.2, -0.15) is 5.10 Å². The van der Waals surface area contributed by atoms with Crippen LogP contribution in [0.2, 0.25) is 0 Å². The number of nitrogens with one attached hydrogen (secondary N) is 1. The monoisotopic (exact) mass is 465 g/mol. The van der Waals surface area contributed by atoms with E-state index >= 15 is 0 Å². The molecule has 7 nitrogen and oxygen atoms in total. The lowest BCUT2D eigenvalue weighted by Crippen LogP contribution is -2.32. The van der Waals surface area contributed by atoms with Gasteiger partial charge in [-0.25, -0.2) is 4.79 Å². The molecule has 0 aliphatic heterocycles. The van der Waals surface area contributed by atoms with Crippen molar-refractivity contribution in [2.75, 3.05) is 6.61 Å². The average Bonchev–Trinajstić information content (AvgIpc) is 2.88. The van der Waals surface area contributed by atoms with Crippen molar-refractivity contribution >= 4 is 27.9 Å². The van der Waals surface area contributed by atoms with Crippen LogP contribution in [-0.2, 0) is 6.61 Å². The van der Waals surface area contributed by atoms with Gasteiger partial charge in [0.1, 0.15) is 6.61 Å². The van der Waals surface area contributed by atoms with Crippen LogP contribution in [0.4, 0.5) is 0 Å². The Morgan fingerprint density at radius 1 is 0.857 bits per heavy atom. The fourth-order valence-electron chi connectivity index (χ4n) is 3.95. The lowest BCUT2D eigenvalue weighted by Gasteiger charge is -2.13. The van der Waals surface area contributed by atoms with Crippen LogP contribution in [0.1, 0.15) is 18.1 Å². The van der Waals surface area contributed by atoms with E-state index in [0.29, 0.717) is 41.2 Å². The highest BCUT2D eigenvalue weighted by Gasteiger charge is 2.09. The Morgan fingerprint density at radius 2 is 1.63 bits per heavy atom. The Kier molecular flexibility index (Phi) is 6.13. The van der Waals surface area contributed by atoms with Gasteiger partial charge in [0.25, 0.3) is 5.56 Å². The number of nitrogens with zero attached hydrogens (tertiary/aromatic N) is 2. The molecule has 1 N–H and O–H groups in total. The number of ether oxygens (including phenoxy) is 2. The molecule has 0 aliphatic carbocycles. The lowest BCUT2D eigenvalue weighted by molar-refractivity contribution is 0.270. The van der Waals surface area contributed by atoms with Gasteiger partial charge in [0.2, 0.25) is 0 Å². The second-order valence-corrected chi connectivity index (χ2v) is 7.90. The standard InChI is InChI=1S/C28H23N3O4/c1-2-34-26-16-19(17-29-31-27(32)23-12-5-6-13-24(23)30-28(31)33)14-15-25(26)35-18-21-10-7-9-20-8-3-4-11-22(20)21/h3-17H,2,18H2,1H3,(H,30,33). The third-order valence-electron chi connectivity index (χ3n) is 5.64. The van der Waals surface area contributed by atoms with Crippen LogP contribution < -0.4 is 20.7 Å². The first kappa shape index (κ1) is 22.2. The minimum absolute atomic E-state index is 0.386. The highest BCUT2D eigenvalue weighted by Crippen LogP contribution is 2.30. The summed E-state index contributed by atoms with van der Waals surface area (Å²) in [7, 11) is 0. The summed E-state index contributed by atoms with van der Waals surface area (Å²) in [6, 6.07) is 26.5. The normalized spacial score (nSPS) is 11.3. The zero-order chi connectivity index (χ0) is 24.2. The summed E-state index contributed by atoms with van der Waals surface area (Å²) in [4.78, 5) is 27.7. The van der Waals surface area contributed by atoms with Crippen molar-refractivity contribution in [2.45, 2.75) is 13.5 Å². The molecule has 0 atom stereocenters. The molecule has 174 valence electrons. The number of H-pyrrole nitrogens is 1. The Labute approximate surface area is 200 Å². The van der Waals surface area contributed by atoms with E-state index in [-0.39, 0.29) is 0 Å². The summed E-state index contributed by atoms with van der Waals surface area (Å²) >= 11 is 0. The molecule has 0 saturated heterocycles. The summed E-state index contributed by atoms with van der Waals surface area (Å²) in [5, 5.41) is 6.81. The first-order valence-electron chi connectivity index (χ1n) is 11.3. The minimum atomic E-state index is -0.606. The maximum absolute atomic E-state index is 12.7. The van der Waals surface area contributed by atoms with Crippen molar-refractivity contribution in [1.82, 2.24) is 9.66 Å². The van der Waals surface area contributed by atoms with Gasteiger partial charge < -0.3 is 14.5 Å². The van der Waals surface area contributed by atoms with Crippen LogP contribution in [0.5, 0.6) is 11.5 Å². The number of benzene rings is 4. The number of para-hydroxylation sites is 1. The molecule has 4 aromatic carbocycles. The number of hydrogen-bond acceptors (Lipinski definition) is 5. The van der Waals surface area contributed by atoms with Gasteiger partial charge in [-0.3, -0.25) is 4.79 Å². The second-order valence-electron chi connectivity index (χ2n) is 7.90. The lowest BCUT2D eigenvalue weighted by atomic mass is 10.1. The van der Waals surface area contributed by atoms with E-state index < -0.39 is 11.2 Å². The van der Waals surface area contributed by atoms with Crippen LogP contribution in [-0.4, -0.2) is 22.5 Å². The maximum atomic E-state index is 12.7. The molecule has 0 bridgehead atoms. The Morgan fingerprint density at radius 3 is 2.49 bits per heavy atom. The van der Waals surface area contributed by atoms with E-state index in [9.17, 15) is 9.59 Å². The van der Waals surface area contributed by atoms with E-state index in [1.165, 1.54) is 6.21 Å². The first-order valence-corrected chi connectivity index (χ1v) is 11.3. The van der Waals surface area contributed by atoms with Gasteiger partial charge in [-0.15, -0.1) is 4.68 Å². The van der Waals surface area contributed by atoms with Crippen molar-refractivity contribution in [3.63, 3.8) is 0 Å². The molecule has 0 fully saturated rings. The SMILES string of the molecule is CCOc1cc(C=Nn2c(=O)[nH]c3ccccc3c2=O)ccc1OCc1cccc2ccccc12. The van der Waals surface area contributed by atoms with Crippen molar-refractivity contribution < 1.29 is 9.47 Å². The van der Waals surface area contributed by atoms with Gasteiger partial charge in [-0.05, 0) is 59.2 Å². The molecule has 0 radical (unpaired) electrons. The largest absolute Gasteiger partial charge is 0.490 e. The molecule has 5 rings (SSSR count). The number of hydrogen-bond donors (Lipinski definition) is 1. The summed E-state index contributed by atoms with van der Waals surface area (Å²) < 4.78 is 12.7. The molecule has 0 amide bonds. The fourth-order valence-corrected chi connectivity index (χ4v) is 3.95. The third kappa shape index (κ3) is 4.56. The molecule has 1 heterocycles. The van der Waals surface area contributed by atoms with Crippen molar-refractivity contribution in [3.8, 4) is 11.5 Å². The topological polar surface area (TPSA) is 85.7 Å². The number of aromatic nitrogens is 2. The van der Waals surface area contributed by atoms with Crippen LogP contribution in [0.25, 0.3) is 21.7 Å². The Hall–Kier alpha value is -4.65. The number of fused-ring (bicyclic) bond motifs is 2. The molecule has 7 heteroatoms. The van der Waals surface area contributed by atoms with Crippen LogP contribution in [0, 0.1) is 0 Å². The Bertz CT molecular complexity index is 1660. The third-order valence-corrected chi connectivity index (χ3v) is 5.64. The van der Waals surface area contributed by atoms with Gasteiger partial charge in [0.15, 0.2) is 11.5 Å². The second kappa shape index (κ2) is 9.69. The summed E-state index contributed by atoms with van der Waals surface area (Å²) in [6.45, 7) is 2.73. The van der Waals surface area contributed by atoms with Gasteiger partial charge in [0.05, 0.1) is 23.7 Å². The smallest absolute Gasteiger partial charge is 0.349 e. The highest BCUT2D eigenvalue weighted by molar-refractivity contribution is 5.85. The zero-order valence-electron chi connectivity index (χ0n) is 19.1. The van der Waals surface area contributed by atoms with E-state index in [2.05, 4.69) is 28.3 Å². The molecular weight excluding hydrogens is 442 g/mol. The van der Waals surface area contributed by atoms with E-state index in [1.807, 2.05) is 31.2 Å². The van der Waals surface area contributed by atoms with Crippen molar-refractivity contribution in [3.05, 3.63) is 117 Å². The molecule has 5 aromatic rings.